The van der Waals surface area contributed by atoms with Crippen LogP contribution >= 0.6 is 0 Å². The normalized spacial score (nSPS) is 29.3. The van der Waals surface area contributed by atoms with Crippen molar-refractivity contribution in [1.82, 2.24) is 9.80 Å². The summed E-state index contributed by atoms with van der Waals surface area (Å²) in [6.45, 7) is 9.13. The van der Waals surface area contributed by atoms with E-state index in [1.165, 1.54) is 32.1 Å². The number of aliphatic hydroxyl groups excluding tert-OH is 1. The molecule has 0 aromatic carbocycles. The molecular formula is C18H34N2O2. The second-order valence-electron chi connectivity index (χ2n) is 7.63. The number of piperidine rings is 1. The van der Waals surface area contributed by atoms with Crippen molar-refractivity contribution in [3.63, 3.8) is 0 Å². The fraction of sp³-hybridized carbons (Fsp3) is 0.944. The van der Waals surface area contributed by atoms with E-state index in [1.807, 2.05) is 0 Å². The van der Waals surface area contributed by atoms with E-state index in [9.17, 15) is 9.90 Å². The molecule has 0 bridgehead atoms. The van der Waals surface area contributed by atoms with E-state index in [-0.39, 0.29) is 24.0 Å². The summed E-state index contributed by atoms with van der Waals surface area (Å²) in [5.74, 6) is 0.289. The van der Waals surface area contributed by atoms with Gasteiger partial charge in [0.25, 0.3) is 0 Å². The third-order valence-corrected chi connectivity index (χ3v) is 5.74. The van der Waals surface area contributed by atoms with Crippen molar-refractivity contribution in [3.8, 4) is 0 Å². The predicted molar refractivity (Wildman–Crippen MR) is 89.7 cm³/mol. The van der Waals surface area contributed by atoms with Gasteiger partial charge >= 0.3 is 0 Å². The number of carbonyl (C=O) groups is 1. The Labute approximate surface area is 135 Å². The Hall–Kier alpha value is -0.610. The van der Waals surface area contributed by atoms with Crippen LogP contribution in [0.4, 0.5) is 0 Å². The zero-order valence-electron chi connectivity index (χ0n) is 14.7. The Morgan fingerprint density at radius 2 is 2.00 bits per heavy atom. The smallest absolute Gasteiger partial charge is 0.239 e. The van der Waals surface area contributed by atoms with E-state index in [0.717, 1.165) is 32.5 Å². The molecule has 1 aliphatic heterocycles. The molecule has 1 saturated carbocycles. The van der Waals surface area contributed by atoms with Crippen LogP contribution in [0, 0.1) is 5.41 Å². The van der Waals surface area contributed by atoms with Gasteiger partial charge < -0.3 is 10.0 Å². The number of likely N-dealkylation sites (tertiary alicyclic amines) is 1. The molecule has 1 amide bonds. The standard InChI is InChI=1S/C18H34N2O2/c1-4-20(16-9-6-5-7-10-16)17(22)15(2)19-12-8-11-18(3,13-19)14-21/h15-16,21H,4-14H2,1-3H3. The Kier molecular flexibility index (Phi) is 6.27. The molecule has 2 rings (SSSR count). The highest BCUT2D eigenvalue weighted by Gasteiger charge is 2.36. The number of rotatable bonds is 5. The molecule has 2 aliphatic rings. The highest BCUT2D eigenvalue weighted by atomic mass is 16.3. The minimum Gasteiger partial charge on any atom is -0.396 e. The molecule has 0 aromatic rings. The second kappa shape index (κ2) is 7.78. The molecule has 1 aliphatic carbocycles. The first kappa shape index (κ1) is 17.7. The van der Waals surface area contributed by atoms with Gasteiger partial charge in [0.05, 0.1) is 6.04 Å². The Balaban J connectivity index is 2.00. The van der Waals surface area contributed by atoms with Gasteiger partial charge in [-0.1, -0.05) is 26.2 Å². The quantitative estimate of drug-likeness (QED) is 0.849. The van der Waals surface area contributed by atoms with Gasteiger partial charge in [-0.25, -0.2) is 0 Å². The van der Waals surface area contributed by atoms with E-state index >= 15 is 0 Å². The van der Waals surface area contributed by atoms with Gasteiger partial charge in [-0.05, 0) is 46.1 Å². The van der Waals surface area contributed by atoms with Crippen LogP contribution in [-0.4, -0.2) is 59.1 Å². The first-order chi connectivity index (χ1) is 10.5. The number of carbonyl (C=O) groups excluding carboxylic acids is 1. The first-order valence-electron chi connectivity index (χ1n) is 9.16. The molecule has 2 fully saturated rings. The summed E-state index contributed by atoms with van der Waals surface area (Å²) in [6.07, 6.45) is 8.30. The first-order valence-corrected chi connectivity index (χ1v) is 9.16. The van der Waals surface area contributed by atoms with Gasteiger partial charge in [-0.2, -0.15) is 0 Å². The lowest BCUT2D eigenvalue weighted by Crippen LogP contribution is -2.55. The summed E-state index contributed by atoms with van der Waals surface area (Å²) in [5.41, 5.74) is -0.0470. The molecule has 22 heavy (non-hydrogen) atoms. The topological polar surface area (TPSA) is 43.8 Å². The monoisotopic (exact) mass is 310 g/mol. The summed E-state index contributed by atoms with van der Waals surface area (Å²) >= 11 is 0. The highest BCUT2D eigenvalue weighted by molar-refractivity contribution is 5.81. The summed E-state index contributed by atoms with van der Waals surface area (Å²) in [5, 5.41) is 9.63. The number of amides is 1. The van der Waals surface area contributed by atoms with E-state index in [2.05, 4.69) is 30.6 Å². The molecule has 0 radical (unpaired) electrons. The molecule has 128 valence electrons. The Bertz CT molecular complexity index is 368. The largest absolute Gasteiger partial charge is 0.396 e. The number of hydrogen-bond donors (Lipinski definition) is 1. The predicted octanol–water partition coefficient (Wildman–Crippen LogP) is 2.65. The average molecular weight is 310 g/mol. The molecule has 1 heterocycles. The highest BCUT2D eigenvalue weighted by Crippen LogP contribution is 2.30. The number of likely N-dealkylation sites (N-methyl/N-ethyl adjacent to an activating group) is 1. The number of aliphatic hydroxyl groups is 1. The molecule has 0 aromatic heterocycles. The molecule has 1 saturated heterocycles. The zero-order valence-corrected chi connectivity index (χ0v) is 14.7. The SMILES string of the molecule is CCN(C(=O)C(C)N1CCCC(C)(CO)C1)C1CCCCC1. The zero-order chi connectivity index (χ0) is 16.2. The summed E-state index contributed by atoms with van der Waals surface area (Å²) in [4.78, 5) is 17.4. The average Bonchev–Trinajstić information content (AvgIpc) is 2.56. The maximum Gasteiger partial charge on any atom is 0.239 e. The van der Waals surface area contributed by atoms with Gasteiger partial charge in [0.15, 0.2) is 0 Å². The molecule has 1 N–H and O–H groups in total. The van der Waals surface area contributed by atoms with Crippen LogP contribution in [0.2, 0.25) is 0 Å². The van der Waals surface area contributed by atoms with Crippen molar-refractivity contribution in [1.29, 1.82) is 0 Å². The van der Waals surface area contributed by atoms with Crippen LogP contribution in [-0.2, 0) is 4.79 Å². The van der Waals surface area contributed by atoms with Gasteiger partial charge in [0.1, 0.15) is 0 Å². The van der Waals surface area contributed by atoms with Crippen molar-refractivity contribution in [2.45, 2.75) is 77.8 Å². The van der Waals surface area contributed by atoms with Crippen LogP contribution in [0.25, 0.3) is 0 Å². The van der Waals surface area contributed by atoms with Gasteiger partial charge in [0, 0.05) is 31.2 Å². The molecule has 4 nitrogen and oxygen atoms in total. The third-order valence-electron chi connectivity index (χ3n) is 5.74. The van der Waals surface area contributed by atoms with Gasteiger partial charge in [-0.15, -0.1) is 0 Å². The minimum atomic E-state index is -0.0620. The maximum atomic E-state index is 13.0. The minimum absolute atomic E-state index is 0.0470. The summed E-state index contributed by atoms with van der Waals surface area (Å²) in [7, 11) is 0. The van der Waals surface area contributed by atoms with Crippen molar-refractivity contribution < 1.29 is 9.90 Å². The molecular weight excluding hydrogens is 276 g/mol. The van der Waals surface area contributed by atoms with E-state index in [4.69, 9.17) is 0 Å². The summed E-state index contributed by atoms with van der Waals surface area (Å²) in [6, 6.07) is 0.385. The lowest BCUT2D eigenvalue weighted by molar-refractivity contribution is -0.140. The molecule has 4 heteroatoms. The van der Waals surface area contributed by atoms with Crippen molar-refractivity contribution in [2.75, 3.05) is 26.2 Å². The molecule has 2 atom stereocenters. The third kappa shape index (κ3) is 4.02. The summed E-state index contributed by atoms with van der Waals surface area (Å²) < 4.78 is 0. The van der Waals surface area contributed by atoms with Crippen LogP contribution in [0.3, 0.4) is 0 Å². The second-order valence-corrected chi connectivity index (χ2v) is 7.63. The van der Waals surface area contributed by atoms with Crippen molar-refractivity contribution >= 4 is 5.91 Å². The fourth-order valence-corrected chi connectivity index (χ4v) is 4.20. The lowest BCUT2D eigenvalue weighted by atomic mass is 9.82. The molecule has 0 spiro atoms. The van der Waals surface area contributed by atoms with Crippen molar-refractivity contribution in [3.05, 3.63) is 0 Å². The van der Waals surface area contributed by atoms with Crippen molar-refractivity contribution in [2.24, 2.45) is 5.41 Å². The number of hydrogen-bond acceptors (Lipinski definition) is 3. The van der Waals surface area contributed by atoms with Crippen LogP contribution in [0.5, 0.6) is 0 Å². The fourth-order valence-electron chi connectivity index (χ4n) is 4.20. The molecule has 2 unspecified atom stereocenters. The van der Waals surface area contributed by atoms with E-state index in [0.29, 0.717) is 6.04 Å². The maximum absolute atomic E-state index is 13.0. The van der Waals surface area contributed by atoms with E-state index < -0.39 is 0 Å². The van der Waals surface area contributed by atoms with Gasteiger partial charge in [-0.3, -0.25) is 9.69 Å². The Morgan fingerprint density at radius 3 is 2.59 bits per heavy atom. The van der Waals surface area contributed by atoms with Crippen LogP contribution in [0.15, 0.2) is 0 Å². The Morgan fingerprint density at radius 1 is 1.32 bits per heavy atom. The van der Waals surface area contributed by atoms with E-state index in [1.54, 1.807) is 0 Å². The van der Waals surface area contributed by atoms with Gasteiger partial charge in [0.2, 0.25) is 5.91 Å². The number of nitrogens with zero attached hydrogens (tertiary/aromatic N) is 2. The van der Waals surface area contributed by atoms with Crippen LogP contribution in [0.1, 0.15) is 65.7 Å². The lowest BCUT2D eigenvalue weighted by Gasteiger charge is -2.44. The van der Waals surface area contributed by atoms with Crippen LogP contribution < -0.4 is 0 Å².